The van der Waals surface area contributed by atoms with E-state index in [4.69, 9.17) is 4.74 Å². The first-order chi connectivity index (χ1) is 11.5. The van der Waals surface area contributed by atoms with Crippen LogP contribution >= 0.6 is 11.3 Å². The number of hydrogen-bond donors (Lipinski definition) is 0. The van der Waals surface area contributed by atoms with E-state index in [9.17, 15) is 9.18 Å². The van der Waals surface area contributed by atoms with Crippen molar-refractivity contribution >= 4 is 38.6 Å². The number of thiophene rings is 1. The molecule has 0 amide bonds. The molecule has 0 radical (unpaired) electrons. The van der Waals surface area contributed by atoms with E-state index in [0.717, 1.165) is 0 Å². The third kappa shape index (κ3) is 6.01. The summed E-state index contributed by atoms with van der Waals surface area (Å²) >= 11 is -1.25. The zero-order valence-electron chi connectivity index (χ0n) is 15.8. The van der Waals surface area contributed by atoms with Gasteiger partial charge >= 0.3 is 155 Å². The molecule has 0 atom stereocenters. The number of carbonyl (C=O) groups is 1. The van der Waals surface area contributed by atoms with Crippen LogP contribution in [-0.2, 0) is 4.74 Å². The van der Waals surface area contributed by atoms with E-state index in [1.54, 1.807) is 6.07 Å². The van der Waals surface area contributed by atoms with Gasteiger partial charge in [0.2, 0.25) is 0 Å². The van der Waals surface area contributed by atoms with Gasteiger partial charge in [-0.2, -0.15) is 0 Å². The topological polar surface area (TPSA) is 26.3 Å². The predicted molar refractivity (Wildman–Crippen MR) is 105 cm³/mol. The molecular weight excluding hydrogens is 430 g/mol. The first-order valence-electron chi connectivity index (χ1n) is 9.42. The first-order valence-corrected chi connectivity index (χ1v) is 17.7. The Balaban J connectivity index is 3.18. The number of rotatable bonds is 12. The zero-order chi connectivity index (χ0) is 18.0. The van der Waals surface area contributed by atoms with Crippen LogP contribution in [0.2, 0.25) is 13.3 Å². The van der Waals surface area contributed by atoms with Crippen molar-refractivity contribution in [3.05, 3.63) is 16.8 Å². The average molecular weight is 463 g/mol. The molecule has 0 aromatic carbocycles. The summed E-state index contributed by atoms with van der Waals surface area (Å²) in [5.74, 6) is -0.894. The van der Waals surface area contributed by atoms with Crippen molar-refractivity contribution in [1.82, 2.24) is 0 Å². The number of unbranched alkanes of at least 4 members (excludes halogenated alkanes) is 4. The molecule has 1 heterocycles. The summed E-state index contributed by atoms with van der Waals surface area (Å²) in [6.07, 6.45) is 8.59. The van der Waals surface area contributed by atoms with Crippen LogP contribution in [0.25, 0.3) is 0 Å². The van der Waals surface area contributed by atoms with E-state index in [-0.39, 0.29) is 10.7 Å². The van der Waals surface area contributed by atoms with Gasteiger partial charge in [0, 0.05) is 0 Å². The van der Waals surface area contributed by atoms with Crippen LogP contribution in [-0.4, -0.2) is 31.5 Å². The fourth-order valence-corrected chi connectivity index (χ4v) is 23.1. The van der Waals surface area contributed by atoms with Gasteiger partial charge in [-0.3, -0.25) is 0 Å². The van der Waals surface area contributed by atoms with Crippen LogP contribution in [0.4, 0.5) is 4.39 Å². The second kappa shape index (κ2) is 11.5. The summed E-state index contributed by atoms with van der Waals surface area (Å²) in [6.45, 7) is 6.70. The molecule has 0 unspecified atom stereocenters. The summed E-state index contributed by atoms with van der Waals surface area (Å²) in [4.78, 5) is 12.0. The molecule has 0 saturated carbocycles. The van der Waals surface area contributed by atoms with E-state index in [1.807, 2.05) is 0 Å². The molecule has 0 fully saturated rings. The van der Waals surface area contributed by atoms with Crippen molar-refractivity contribution < 1.29 is 13.9 Å². The molecule has 0 aliphatic rings. The fourth-order valence-electron chi connectivity index (χ4n) is 3.35. The average Bonchev–Trinajstić information content (AvgIpc) is 2.98. The van der Waals surface area contributed by atoms with Crippen LogP contribution in [0.1, 0.15) is 75.4 Å². The Hall–Kier alpha value is -0.101. The molecular formula is C19H33FO2SSn. The van der Waals surface area contributed by atoms with Crippen molar-refractivity contribution in [3.63, 3.8) is 0 Å². The number of methoxy groups -OCH3 is 1. The fraction of sp³-hybridized carbons (Fsp3) is 0.737. The van der Waals surface area contributed by atoms with E-state index < -0.39 is 24.3 Å². The Morgan fingerprint density at radius 2 is 1.58 bits per heavy atom. The summed E-state index contributed by atoms with van der Waals surface area (Å²) in [6, 6.07) is 1.70. The molecule has 5 heteroatoms. The summed E-state index contributed by atoms with van der Waals surface area (Å²) in [7, 11) is 1.33. The Morgan fingerprint density at radius 3 is 2.08 bits per heavy atom. The van der Waals surface area contributed by atoms with Crippen LogP contribution in [0.5, 0.6) is 0 Å². The molecule has 1 aromatic heterocycles. The molecule has 24 heavy (non-hydrogen) atoms. The van der Waals surface area contributed by atoms with Gasteiger partial charge in [0.05, 0.1) is 0 Å². The maximum absolute atomic E-state index is 14.4. The SMILES string of the molecule is CCCC[CH2][Sn]([CH2]CCC)([CH2]CCC)[c]1cc(F)c(C(=O)OC)s1. The molecule has 0 aliphatic carbocycles. The molecule has 0 bridgehead atoms. The second-order valence-corrected chi connectivity index (χ2v) is 21.9. The van der Waals surface area contributed by atoms with Gasteiger partial charge < -0.3 is 0 Å². The van der Waals surface area contributed by atoms with Crippen molar-refractivity contribution in [2.45, 2.75) is 79.0 Å². The number of esters is 1. The molecule has 0 spiro atoms. The minimum absolute atomic E-state index is 0.178. The van der Waals surface area contributed by atoms with E-state index in [1.165, 1.54) is 79.6 Å². The Bertz CT molecular complexity index is 494. The predicted octanol–water partition coefficient (Wildman–Crippen LogP) is 6.12. The molecule has 1 rings (SSSR count). The van der Waals surface area contributed by atoms with Crippen LogP contribution < -0.4 is 2.89 Å². The number of hydrogen-bond acceptors (Lipinski definition) is 3. The Morgan fingerprint density at radius 1 is 1.04 bits per heavy atom. The Kier molecular flexibility index (Phi) is 10.5. The number of ether oxygens (including phenoxy) is 1. The summed E-state index contributed by atoms with van der Waals surface area (Å²) < 4.78 is 24.2. The van der Waals surface area contributed by atoms with Crippen LogP contribution in [0.15, 0.2) is 6.07 Å². The third-order valence-corrected chi connectivity index (χ3v) is 24.2. The molecule has 1 aromatic rings. The van der Waals surface area contributed by atoms with E-state index in [0.29, 0.717) is 0 Å². The standard InChI is InChI=1S/C6H4FO2S.C5H11.2C4H9.Sn/c1-9-6(8)5-4(7)2-3-10-5;1-3-5-4-2;2*1-3-4-2;/h2H,1H3;1,3-5H2,2H3;2*1,3-4H2,2H3;. The van der Waals surface area contributed by atoms with Gasteiger partial charge in [0.25, 0.3) is 0 Å². The molecule has 0 N–H and O–H groups in total. The van der Waals surface area contributed by atoms with Gasteiger partial charge in [-0.05, 0) is 0 Å². The van der Waals surface area contributed by atoms with Crippen LogP contribution in [0.3, 0.4) is 0 Å². The molecule has 0 aliphatic heterocycles. The van der Waals surface area contributed by atoms with Gasteiger partial charge in [0.15, 0.2) is 0 Å². The van der Waals surface area contributed by atoms with Gasteiger partial charge in [-0.15, -0.1) is 0 Å². The summed E-state index contributed by atoms with van der Waals surface area (Å²) in [5, 5.41) is 0. The number of carbonyl (C=O) groups excluding carboxylic acids is 1. The minimum atomic E-state index is -2.65. The number of halogens is 1. The van der Waals surface area contributed by atoms with Crippen LogP contribution in [0, 0.1) is 5.82 Å². The van der Waals surface area contributed by atoms with Crippen molar-refractivity contribution in [3.8, 4) is 0 Å². The van der Waals surface area contributed by atoms with Crippen molar-refractivity contribution in [2.24, 2.45) is 0 Å². The van der Waals surface area contributed by atoms with E-state index in [2.05, 4.69) is 20.8 Å². The quantitative estimate of drug-likeness (QED) is 0.212. The molecule has 0 saturated heterocycles. The maximum atomic E-state index is 14.4. The summed E-state index contributed by atoms with van der Waals surface area (Å²) in [5.41, 5.74) is 0. The van der Waals surface area contributed by atoms with Gasteiger partial charge in [-0.25, -0.2) is 0 Å². The third-order valence-electron chi connectivity index (χ3n) is 4.86. The van der Waals surface area contributed by atoms with Crippen molar-refractivity contribution in [2.75, 3.05) is 7.11 Å². The van der Waals surface area contributed by atoms with Gasteiger partial charge in [-0.1, -0.05) is 0 Å². The second-order valence-electron chi connectivity index (χ2n) is 6.72. The monoisotopic (exact) mass is 464 g/mol. The van der Waals surface area contributed by atoms with Crippen molar-refractivity contribution in [1.29, 1.82) is 0 Å². The Labute approximate surface area is 155 Å². The zero-order valence-corrected chi connectivity index (χ0v) is 19.4. The van der Waals surface area contributed by atoms with E-state index >= 15 is 0 Å². The molecule has 2 nitrogen and oxygen atoms in total. The van der Waals surface area contributed by atoms with Gasteiger partial charge in [0.1, 0.15) is 0 Å². The normalized spacial score (nSPS) is 11.7. The first kappa shape index (κ1) is 21.9. The molecule has 138 valence electrons.